The van der Waals surface area contributed by atoms with E-state index in [2.05, 4.69) is 6.08 Å². The number of ketones is 1. The van der Waals surface area contributed by atoms with Crippen LogP contribution in [-0.2, 0) is 9.53 Å². The van der Waals surface area contributed by atoms with Gasteiger partial charge in [0.1, 0.15) is 6.61 Å². The van der Waals surface area contributed by atoms with Crippen LogP contribution in [0.4, 0.5) is 0 Å². The fraction of sp³-hybridized carbons (Fsp3) is 0.444. The minimum Gasteiger partial charge on any atom is -0.377 e. The van der Waals surface area contributed by atoms with E-state index in [1.807, 2.05) is 12.2 Å². The molecule has 0 N–H and O–H groups in total. The zero-order chi connectivity index (χ0) is 8.10. The molecular formula is C9H12O2. The quantitative estimate of drug-likeness (QED) is 0.612. The highest BCUT2D eigenvalue weighted by Crippen LogP contribution is 2.12. The average molecular weight is 152 g/mol. The summed E-state index contributed by atoms with van der Waals surface area (Å²) in [5.41, 5.74) is 0.884. The molecule has 1 aliphatic carbocycles. The molecule has 2 heteroatoms. The van der Waals surface area contributed by atoms with Crippen molar-refractivity contribution in [1.29, 1.82) is 0 Å². The molecule has 0 unspecified atom stereocenters. The molecule has 0 saturated heterocycles. The van der Waals surface area contributed by atoms with E-state index < -0.39 is 0 Å². The van der Waals surface area contributed by atoms with Crippen LogP contribution in [0.3, 0.4) is 0 Å². The lowest BCUT2D eigenvalue weighted by molar-refractivity contribution is -0.119. The number of methoxy groups -OCH3 is 1. The Kier molecular flexibility index (Phi) is 3.05. The molecule has 0 aromatic heterocycles. The lowest BCUT2D eigenvalue weighted by Gasteiger charge is -2.05. The number of rotatable bonds is 3. The van der Waals surface area contributed by atoms with Crippen molar-refractivity contribution >= 4 is 5.78 Å². The average Bonchev–Trinajstić information content (AvgIpc) is 2.07. The van der Waals surface area contributed by atoms with Gasteiger partial charge in [-0.3, -0.25) is 4.79 Å². The zero-order valence-corrected chi connectivity index (χ0v) is 6.67. The Balaban J connectivity index is 2.52. The van der Waals surface area contributed by atoms with Crippen LogP contribution < -0.4 is 0 Å². The third-order valence-electron chi connectivity index (χ3n) is 1.65. The van der Waals surface area contributed by atoms with Crippen LogP contribution in [0.5, 0.6) is 0 Å². The number of ether oxygens (including phenoxy) is 1. The summed E-state index contributed by atoms with van der Waals surface area (Å²) in [6, 6.07) is 0. The summed E-state index contributed by atoms with van der Waals surface area (Å²) in [4.78, 5) is 11.2. The van der Waals surface area contributed by atoms with Gasteiger partial charge in [0.05, 0.1) is 0 Å². The first-order chi connectivity index (χ1) is 5.34. The monoisotopic (exact) mass is 152 g/mol. The van der Waals surface area contributed by atoms with Crippen LogP contribution in [0.15, 0.2) is 23.8 Å². The van der Waals surface area contributed by atoms with E-state index >= 15 is 0 Å². The van der Waals surface area contributed by atoms with Gasteiger partial charge in [-0.25, -0.2) is 0 Å². The summed E-state index contributed by atoms with van der Waals surface area (Å²) in [6.45, 7) is 0.208. The Morgan fingerprint density at radius 2 is 2.55 bits per heavy atom. The maximum atomic E-state index is 11.2. The molecule has 0 aromatic carbocycles. The molecule has 60 valence electrons. The molecule has 0 aliphatic heterocycles. The second kappa shape index (κ2) is 4.09. The molecule has 1 aliphatic rings. The van der Waals surface area contributed by atoms with Gasteiger partial charge in [-0.1, -0.05) is 18.2 Å². The van der Waals surface area contributed by atoms with Crippen molar-refractivity contribution in [3.05, 3.63) is 23.8 Å². The maximum absolute atomic E-state index is 11.2. The normalized spacial score (nSPS) is 16.3. The van der Waals surface area contributed by atoms with Crippen molar-refractivity contribution in [1.82, 2.24) is 0 Å². The summed E-state index contributed by atoms with van der Waals surface area (Å²) in [7, 11) is 1.54. The number of hydrogen-bond donors (Lipinski definition) is 0. The predicted octanol–water partition coefficient (Wildman–Crippen LogP) is 1.48. The zero-order valence-electron chi connectivity index (χ0n) is 6.67. The third-order valence-corrected chi connectivity index (χ3v) is 1.65. The number of carbonyl (C=O) groups is 1. The third kappa shape index (κ3) is 2.31. The van der Waals surface area contributed by atoms with Crippen molar-refractivity contribution in [2.24, 2.45) is 0 Å². The fourth-order valence-electron chi connectivity index (χ4n) is 1.06. The molecule has 1 rings (SSSR count). The first-order valence-corrected chi connectivity index (χ1v) is 3.72. The molecule has 0 bridgehead atoms. The van der Waals surface area contributed by atoms with Crippen LogP contribution in [-0.4, -0.2) is 19.5 Å². The summed E-state index contributed by atoms with van der Waals surface area (Å²) in [5, 5.41) is 0. The van der Waals surface area contributed by atoms with E-state index in [1.54, 1.807) is 0 Å². The Hall–Kier alpha value is -0.890. The van der Waals surface area contributed by atoms with Crippen LogP contribution in [0.1, 0.15) is 12.8 Å². The smallest absolute Gasteiger partial charge is 0.184 e. The molecule has 2 nitrogen and oxygen atoms in total. The van der Waals surface area contributed by atoms with Gasteiger partial charge in [0.2, 0.25) is 0 Å². The lowest BCUT2D eigenvalue weighted by atomic mass is 10.0. The minimum absolute atomic E-state index is 0.108. The van der Waals surface area contributed by atoms with Crippen molar-refractivity contribution in [2.45, 2.75) is 12.8 Å². The molecule has 0 radical (unpaired) electrons. The highest BCUT2D eigenvalue weighted by atomic mass is 16.5. The standard InChI is InChI=1S/C9H12O2/c1-11-7-9(10)8-5-3-2-4-6-8/h2-3,5H,4,6-7H2,1H3. The minimum atomic E-state index is 0.108. The molecule has 11 heavy (non-hydrogen) atoms. The van der Waals surface area contributed by atoms with Gasteiger partial charge < -0.3 is 4.74 Å². The van der Waals surface area contributed by atoms with E-state index in [9.17, 15) is 4.79 Å². The molecular weight excluding hydrogens is 140 g/mol. The number of Topliss-reactive ketones (excluding diaryl/α,β-unsaturated/α-hetero) is 1. The fourth-order valence-corrected chi connectivity index (χ4v) is 1.06. The highest BCUT2D eigenvalue weighted by Gasteiger charge is 2.08. The van der Waals surface area contributed by atoms with Crippen LogP contribution in [0, 0.1) is 0 Å². The second-order valence-corrected chi connectivity index (χ2v) is 2.51. The largest absolute Gasteiger partial charge is 0.377 e. The molecule has 0 atom stereocenters. The molecule has 0 aromatic rings. The van der Waals surface area contributed by atoms with Crippen LogP contribution in [0.2, 0.25) is 0 Å². The van der Waals surface area contributed by atoms with Crippen molar-refractivity contribution in [2.75, 3.05) is 13.7 Å². The number of hydrogen-bond acceptors (Lipinski definition) is 2. The van der Waals surface area contributed by atoms with E-state index in [4.69, 9.17) is 4.74 Å². The summed E-state index contributed by atoms with van der Waals surface area (Å²) >= 11 is 0. The Morgan fingerprint density at radius 1 is 1.73 bits per heavy atom. The Bertz CT molecular complexity index is 202. The summed E-state index contributed by atoms with van der Waals surface area (Å²) < 4.78 is 4.74. The predicted molar refractivity (Wildman–Crippen MR) is 43.3 cm³/mol. The number of carbonyl (C=O) groups excluding carboxylic acids is 1. The second-order valence-electron chi connectivity index (χ2n) is 2.51. The molecule has 0 saturated carbocycles. The topological polar surface area (TPSA) is 26.3 Å². The van der Waals surface area contributed by atoms with E-state index in [-0.39, 0.29) is 12.4 Å². The summed E-state index contributed by atoms with van der Waals surface area (Å²) in [5.74, 6) is 0.108. The van der Waals surface area contributed by atoms with Gasteiger partial charge in [0.15, 0.2) is 5.78 Å². The van der Waals surface area contributed by atoms with Crippen molar-refractivity contribution in [3.63, 3.8) is 0 Å². The van der Waals surface area contributed by atoms with Gasteiger partial charge in [-0.15, -0.1) is 0 Å². The van der Waals surface area contributed by atoms with Crippen LogP contribution in [0.25, 0.3) is 0 Å². The van der Waals surface area contributed by atoms with Gasteiger partial charge in [-0.05, 0) is 18.4 Å². The molecule has 0 heterocycles. The van der Waals surface area contributed by atoms with E-state index in [0.29, 0.717) is 0 Å². The molecule has 0 fully saturated rings. The maximum Gasteiger partial charge on any atom is 0.184 e. The number of allylic oxidation sites excluding steroid dienone is 3. The van der Waals surface area contributed by atoms with Crippen LogP contribution >= 0.6 is 0 Å². The molecule has 0 spiro atoms. The van der Waals surface area contributed by atoms with E-state index in [1.165, 1.54) is 7.11 Å². The van der Waals surface area contributed by atoms with Crippen molar-refractivity contribution in [3.8, 4) is 0 Å². The van der Waals surface area contributed by atoms with Crippen molar-refractivity contribution < 1.29 is 9.53 Å². The van der Waals surface area contributed by atoms with E-state index in [0.717, 1.165) is 18.4 Å². The van der Waals surface area contributed by atoms with Gasteiger partial charge >= 0.3 is 0 Å². The first-order valence-electron chi connectivity index (χ1n) is 3.72. The van der Waals surface area contributed by atoms with Gasteiger partial charge in [0.25, 0.3) is 0 Å². The van der Waals surface area contributed by atoms with Gasteiger partial charge in [-0.2, -0.15) is 0 Å². The Labute approximate surface area is 66.5 Å². The van der Waals surface area contributed by atoms with Gasteiger partial charge in [0, 0.05) is 7.11 Å². The summed E-state index contributed by atoms with van der Waals surface area (Å²) in [6.07, 6.45) is 7.68. The highest BCUT2D eigenvalue weighted by molar-refractivity contribution is 5.96. The molecule has 0 amide bonds. The lowest BCUT2D eigenvalue weighted by Crippen LogP contribution is -2.10. The SMILES string of the molecule is COCC(=O)C1=CC=CCC1. The Morgan fingerprint density at radius 3 is 3.09 bits per heavy atom. The first kappa shape index (κ1) is 8.21.